The standard InChI is InChI=1S/C19H21NO3S/c1-23-17-6-4-15(5-7-17)18(21)12-16-3-2-9-20(16)19(22)11-14-8-10-24-13-14/h4-8,10,13,16H,2-3,9,11-12H2,1H3/t16-/m0/s1. The molecule has 0 unspecified atom stereocenters. The van der Waals surface area contributed by atoms with Crippen LogP contribution in [0.2, 0.25) is 0 Å². The first-order valence-corrected chi connectivity index (χ1v) is 9.09. The van der Waals surface area contributed by atoms with Gasteiger partial charge in [0, 0.05) is 24.6 Å². The molecule has 24 heavy (non-hydrogen) atoms. The fraction of sp³-hybridized carbons (Fsp3) is 0.368. The molecule has 0 saturated carbocycles. The zero-order chi connectivity index (χ0) is 16.9. The summed E-state index contributed by atoms with van der Waals surface area (Å²) in [6.45, 7) is 0.754. The number of benzene rings is 1. The molecule has 0 radical (unpaired) electrons. The fourth-order valence-electron chi connectivity index (χ4n) is 3.15. The van der Waals surface area contributed by atoms with Crippen LogP contribution in [0.4, 0.5) is 0 Å². The largest absolute Gasteiger partial charge is 0.497 e. The summed E-state index contributed by atoms with van der Waals surface area (Å²) >= 11 is 1.60. The number of ketones is 1. The van der Waals surface area contributed by atoms with E-state index in [1.54, 1.807) is 42.7 Å². The van der Waals surface area contributed by atoms with Crippen LogP contribution in [-0.4, -0.2) is 36.3 Å². The predicted molar refractivity (Wildman–Crippen MR) is 94.7 cm³/mol. The summed E-state index contributed by atoms with van der Waals surface area (Å²) in [5, 5.41) is 3.99. The lowest BCUT2D eigenvalue weighted by Crippen LogP contribution is -2.37. The lowest BCUT2D eigenvalue weighted by Gasteiger charge is -2.24. The molecular formula is C19H21NO3S. The van der Waals surface area contributed by atoms with Crippen molar-refractivity contribution in [2.75, 3.05) is 13.7 Å². The molecule has 1 aromatic carbocycles. The van der Waals surface area contributed by atoms with Gasteiger partial charge in [-0.1, -0.05) is 0 Å². The van der Waals surface area contributed by atoms with Crippen LogP contribution in [-0.2, 0) is 11.2 Å². The highest BCUT2D eigenvalue weighted by molar-refractivity contribution is 7.08. The van der Waals surface area contributed by atoms with Gasteiger partial charge in [0.05, 0.1) is 13.5 Å². The van der Waals surface area contributed by atoms with E-state index in [1.807, 2.05) is 21.7 Å². The van der Waals surface area contributed by atoms with E-state index in [0.717, 1.165) is 30.7 Å². The predicted octanol–water partition coefficient (Wildman–Crippen LogP) is 3.56. The first-order valence-electron chi connectivity index (χ1n) is 8.15. The van der Waals surface area contributed by atoms with Crippen molar-refractivity contribution in [3.8, 4) is 5.75 Å². The van der Waals surface area contributed by atoms with E-state index >= 15 is 0 Å². The van der Waals surface area contributed by atoms with E-state index in [-0.39, 0.29) is 17.7 Å². The minimum atomic E-state index is 0.0192. The van der Waals surface area contributed by atoms with Gasteiger partial charge < -0.3 is 9.64 Å². The monoisotopic (exact) mass is 343 g/mol. The van der Waals surface area contributed by atoms with Crippen molar-refractivity contribution in [3.05, 3.63) is 52.2 Å². The molecule has 1 atom stereocenters. The van der Waals surface area contributed by atoms with Crippen LogP contribution in [0.5, 0.6) is 5.75 Å². The Balaban J connectivity index is 1.62. The lowest BCUT2D eigenvalue weighted by atomic mass is 10.0. The Labute approximate surface area is 146 Å². The highest BCUT2D eigenvalue weighted by atomic mass is 32.1. The van der Waals surface area contributed by atoms with Crippen LogP contribution in [0.1, 0.15) is 35.2 Å². The molecule has 1 aliphatic heterocycles. The molecule has 0 N–H and O–H groups in total. The number of carbonyl (C=O) groups is 2. The molecule has 3 rings (SSSR count). The van der Waals surface area contributed by atoms with Crippen molar-refractivity contribution in [1.29, 1.82) is 0 Å². The molecule has 0 aliphatic carbocycles. The SMILES string of the molecule is COc1ccc(C(=O)C[C@@H]2CCCN2C(=O)Cc2ccsc2)cc1. The Morgan fingerprint density at radius 2 is 2.04 bits per heavy atom. The minimum absolute atomic E-state index is 0.0192. The number of amides is 1. The molecule has 4 nitrogen and oxygen atoms in total. The van der Waals surface area contributed by atoms with E-state index < -0.39 is 0 Å². The fourth-order valence-corrected chi connectivity index (χ4v) is 3.82. The summed E-state index contributed by atoms with van der Waals surface area (Å²) in [6.07, 6.45) is 2.69. The first kappa shape index (κ1) is 16.7. The van der Waals surface area contributed by atoms with E-state index in [0.29, 0.717) is 18.4 Å². The Hall–Kier alpha value is -2.14. The number of Topliss-reactive ketones (excluding diaryl/α,β-unsaturated/α-hetero) is 1. The summed E-state index contributed by atoms with van der Waals surface area (Å²) in [6, 6.07) is 9.16. The minimum Gasteiger partial charge on any atom is -0.497 e. The quantitative estimate of drug-likeness (QED) is 0.754. The van der Waals surface area contributed by atoms with Gasteiger partial charge >= 0.3 is 0 Å². The number of likely N-dealkylation sites (tertiary alicyclic amines) is 1. The topological polar surface area (TPSA) is 46.6 Å². The van der Waals surface area contributed by atoms with Crippen molar-refractivity contribution in [1.82, 2.24) is 4.90 Å². The second-order valence-corrected chi connectivity index (χ2v) is 6.83. The molecule has 1 saturated heterocycles. The van der Waals surface area contributed by atoms with E-state index in [9.17, 15) is 9.59 Å². The number of hydrogen-bond donors (Lipinski definition) is 0. The highest BCUT2D eigenvalue weighted by Crippen LogP contribution is 2.24. The Morgan fingerprint density at radius 1 is 1.25 bits per heavy atom. The maximum absolute atomic E-state index is 12.5. The van der Waals surface area contributed by atoms with Crippen LogP contribution in [0, 0.1) is 0 Å². The third kappa shape index (κ3) is 3.85. The maximum Gasteiger partial charge on any atom is 0.227 e. The van der Waals surface area contributed by atoms with Gasteiger partial charge in [-0.3, -0.25) is 9.59 Å². The first-order chi connectivity index (χ1) is 11.7. The number of carbonyl (C=O) groups excluding carboxylic acids is 2. The molecular weight excluding hydrogens is 322 g/mol. The second-order valence-electron chi connectivity index (χ2n) is 6.05. The van der Waals surface area contributed by atoms with Crippen LogP contribution in [0.25, 0.3) is 0 Å². The van der Waals surface area contributed by atoms with Gasteiger partial charge in [-0.15, -0.1) is 0 Å². The summed E-state index contributed by atoms with van der Waals surface area (Å²) in [5.74, 6) is 0.941. The number of nitrogens with zero attached hydrogens (tertiary/aromatic N) is 1. The molecule has 5 heteroatoms. The van der Waals surface area contributed by atoms with Crippen LogP contribution in [0.3, 0.4) is 0 Å². The van der Waals surface area contributed by atoms with Crippen LogP contribution >= 0.6 is 11.3 Å². The number of thiophene rings is 1. The molecule has 0 bridgehead atoms. The van der Waals surface area contributed by atoms with Crippen molar-refractivity contribution in [2.24, 2.45) is 0 Å². The number of methoxy groups -OCH3 is 1. The Morgan fingerprint density at radius 3 is 2.71 bits per heavy atom. The molecule has 1 amide bonds. The van der Waals surface area contributed by atoms with Gasteiger partial charge in [0.15, 0.2) is 5.78 Å². The second kappa shape index (κ2) is 7.62. The van der Waals surface area contributed by atoms with Gasteiger partial charge in [-0.25, -0.2) is 0 Å². The highest BCUT2D eigenvalue weighted by Gasteiger charge is 2.30. The van der Waals surface area contributed by atoms with Gasteiger partial charge in [0.2, 0.25) is 5.91 Å². The molecule has 126 valence electrons. The van der Waals surface area contributed by atoms with E-state index in [2.05, 4.69) is 0 Å². The zero-order valence-corrected chi connectivity index (χ0v) is 14.6. The average molecular weight is 343 g/mol. The van der Waals surface area contributed by atoms with Gasteiger partial charge in [0.25, 0.3) is 0 Å². The van der Waals surface area contributed by atoms with Crippen LogP contribution < -0.4 is 4.74 Å². The summed E-state index contributed by atoms with van der Waals surface area (Å²) in [5.41, 5.74) is 1.73. The average Bonchev–Trinajstić information content (AvgIpc) is 3.26. The third-order valence-corrected chi connectivity index (χ3v) is 5.20. The summed E-state index contributed by atoms with van der Waals surface area (Å²) < 4.78 is 5.12. The molecule has 2 aromatic rings. The maximum atomic E-state index is 12.5. The Kier molecular flexibility index (Phi) is 5.30. The van der Waals surface area contributed by atoms with Gasteiger partial charge in [-0.05, 0) is 59.5 Å². The van der Waals surface area contributed by atoms with Crippen molar-refractivity contribution < 1.29 is 14.3 Å². The normalized spacial score (nSPS) is 17.0. The van der Waals surface area contributed by atoms with Crippen LogP contribution in [0.15, 0.2) is 41.1 Å². The number of hydrogen-bond acceptors (Lipinski definition) is 4. The van der Waals surface area contributed by atoms with Crippen molar-refractivity contribution in [2.45, 2.75) is 31.7 Å². The summed E-state index contributed by atoms with van der Waals surface area (Å²) in [7, 11) is 1.60. The number of rotatable bonds is 6. The molecule has 1 aromatic heterocycles. The molecule has 1 fully saturated rings. The van der Waals surface area contributed by atoms with Crippen molar-refractivity contribution in [3.63, 3.8) is 0 Å². The van der Waals surface area contributed by atoms with E-state index in [1.165, 1.54) is 0 Å². The molecule has 2 heterocycles. The third-order valence-electron chi connectivity index (χ3n) is 4.47. The molecule has 1 aliphatic rings. The van der Waals surface area contributed by atoms with E-state index in [4.69, 9.17) is 4.74 Å². The van der Waals surface area contributed by atoms with Crippen molar-refractivity contribution >= 4 is 23.0 Å². The molecule has 0 spiro atoms. The lowest BCUT2D eigenvalue weighted by molar-refractivity contribution is -0.131. The Bertz CT molecular complexity index is 694. The van der Waals surface area contributed by atoms with Gasteiger partial charge in [0.1, 0.15) is 5.75 Å². The summed E-state index contributed by atoms with van der Waals surface area (Å²) in [4.78, 5) is 26.9. The smallest absolute Gasteiger partial charge is 0.227 e. The number of ether oxygens (including phenoxy) is 1. The van der Waals surface area contributed by atoms with Gasteiger partial charge in [-0.2, -0.15) is 11.3 Å². The zero-order valence-electron chi connectivity index (χ0n) is 13.7.